The third kappa shape index (κ3) is 9.39. The summed E-state index contributed by atoms with van der Waals surface area (Å²) in [4.78, 5) is 28.2. The van der Waals surface area contributed by atoms with Crippen molar-refractivity contribution in [3.63, 3.8) is 0 Å². The van der Waals surface area contributed by atoms with E-state index >= 15 is 0 Å². The van der Waals surface area contributed by atoms with Gasteiger partial charge in [0.1, 0.15) is 11.8 Å². The predicted octanol–water partition coefficient (Wildman–Crippen LogP) is 4.13. The topological polar surface area (TPSA) is 96.0 Å². The Balaban J connectivity index is 2.23. The van der Waals surface area contributed by atoms with E-state index in [4.69, 9.17) is 4.74 Å². The van der Waals surface area contributed by atoms with Crippen LogP contribution in [0.2, 0.25) is 0 Å². The molecule has 0 radical (unpaired) electrons. The van der Waals surface area contributed by atoms with E-state index in [0.717, 1.165) is 11.1 Å². The van der Waals surface area contributed by atoms with Crippen molar-refractivity contribution < 1.29 is 22.7 Å². The van der Waals surface area contributed by atoms with E-state index < -0.39 is 16.1 Å². The molecule has 0 bridgehead atoms. The van der Waals surface area contributed by atoms with E-state index in [1.165, 1.54) is 10.6 Å². The van der Waals surface area contributed by atoms with Crippen LogP contribution in [-0.2, 0) is 26.2 Å². The van der Waals surface area contributed by atoms with Gasteiger partial charge in [0.15, 0.2) is 0 Å². The quantitative estimate of drug-likeness (QED) is 0.396. The van der Waals surface area contributed by atoms with Crippen molar-refractivity contribution in [1.82, 2.24) is 10.2 Å². The van der Waals surface area contributed by atoms with Crippen molar-refractivity contribution in [2.24, 2.45) is 5.92 Å². The fourth-order valence-electron chi connectivity index (χ4n) is 4.10. The monoisotopic (exact) mass is 531 g/mol. The number of carbonyl (C=O) groups is 2. The summed E-state index contributed by atoms with van der Waals surface area (Å²) in [6.07, 6.45) is 2.05. The number of nitrogens with zero attached hydrogens (tertiary/aromatic N) is 2. The molecule has 0 saturated carbocycles. The molecule has 0 unspecified atom stereocenters. The van der Waals surface area contributed by atoms with Crippen LogP contribution in [0.1, 0.15) is 51.2 Å². The number of sulfonamides is 1. The minimum Gasteiger partial charge on any atom is -0.497 e. The summed E-state index contributed by atoms with van der Waals surface area (Å²) >= 11 is 0. The van der Waals surface area contributed by atoms with Crippen molar-refractivity contribution in [2.45, 2.75) is 59.5 Å². The first-order valence-electron chi connectivity index (χ1n) is 12.7. The highest BCUT2D eigenvalue weighted by Crippen LogP contribution is 2.21. The zero-order valence-corrected chi connectivity index (χ0v) is 23.7. The van der Waals surface area contributed by atoms with Gasteiger partial charge in [0.05, 0.1) is 19.1 Å². The highest BCUT2D eigenvalue weighted by Gasteiger charge is 2.29. The summed E-state index contributed by atoms with van der Waals surface area (Å²) in [6, 6.07) is 14.1. The predicted molar refractivity (Wildman–Crippen MR) is 148 cm³/mol. The number of carbonyl (C=O) groups excluding carboxylic acids is 2. The average Bonchev–Trinajstić information content (AvgIpc) is 2.84. The Hall–Kier alpha value is -3.07. The molecule has 0 aromatic heterocycles. The molecule has 1 atom stereocenters. The molecule has 0 saturated heterocycles. The maximum atomic E-state index is 13.5. The minimum absolute atomic E-state index is 0.107. The molecule has 0 aliphatic rings. The van der Waals surface area contributed by atoms with Gasteiger partial charge in [0.25, 0.3) is 0 Å². The molecule has 2 rings (SSSR count). The molecule has 1 N–H and O–H groups in total. The van der Waals surface area contributed by atoms with E-state index in [9.17, 15) is 18.0 Å². The van der Waals surface area contributed by atoms with Gasteiger partial charge >= 0.3 is 0 Å². The van der Waals surface area contributed by atoms with E-state index in [-0.39, 0.29) is 37.2 Å². The van der Waals surface area contributed by atoms with E-state index in [2.05, 4.69) is 5.32 Å². The molecule has 0 fully saturated rings. The lowest BCUT2D eigenvalue weighted by atomic mass is 10.1. The lowest BCUT2D eigenvalue weighted by molar-refractivity contribution is -0.141. The van der Waals surface area contributed by atoms with Gasteiger partial charge in [-0.05, 0) is 61.1 Å². The van der Waals surface area contributed by atoms with Crippen LogP contribution in [0.4, 0.5) is 5.69 Å². The SMILES string of the molecule is CC[C@H](C(=O)NCC(C)C)N(Cc1cccc(OC)c1)C(=O)CCCN(c1cccc(C)c1)S(C)(=O)=O. The van der Waals surface area contributed by atoms with Gasteiger partial charge < -0.3 is 15.0 Å². The number of methoxy groups -OCH3 is 1. The van der Waals surface area contributed by atoms with E-state index in [1.54, 1.807) is 18.1 Å². The second-order valence-electron chi connectivity index (χ2n) is 9.71. The Morgan fingerprint density at radius 2 is 1.78 bits per heavy atom. The molecule has 2 aromatic rings. The Morgan fingerprint density at radius 3 is 2.38 bits per heavy atom. The zero-order valence-electron chi connectivity index (χ0n) is 22.9. The number of hydrogen-bond acceptors (Lipinski definition) is 5. The molecule has 0 aliphatic heterocycles. The summed E-state index contributed by atoms with van der Waals surface area (Å²) in [7, 11) is -1.95. The minimum atomic E-state index is -3.53. The van der Waals surface area contributed by atoms with Crippen LogP contribution in [0.25, 0.3) is 0 Å². The van der Waals surface area contributed by atoms with Gasteiger partial charge in [-0.25, -0.2) is 8.42 Å². The Morgan fingerprint density at radius 1 is 1.08 bits per heavy atom. The fraction of sp³-hybridized carbons (Fsp3) is 0.500. The first kappa shape index (κ1) is 30.2. The fourth-order valence-corrected chi connectivity index (χ4v) is 5.05. The van der Waals surface area contributed by atoms with Gasteiger partial charge in [-0.3, -0.25) is 13.9 Å². The Bertz CT molecular complexity index is 1150. The Labute approximate surface area is 222 Å². The highest BCUT2D eigenvalue weighted by molar-refractivity contribution is 7.92. The molecule has 0 spiro atoms. The van der Waals surface area contributed by atoms with Crippen molar-refractivity contribution in [3.05, 3.63) is 59.7 Å². The highest BCUT2D eigenvalue weighted by atomic mass is 32.2. The number of aryl methyl sites for hydroxylation is 1. The molecule has 0 heterocycles. The van der Waals surface area contributed by atoms with Crippen molar-refractivity contribution in [1.29, 1.82) is 0 Å². The number of rotatable bonds is 14. The van der Waals surface area contributed by atoms with Crippen LogP contribution < -0.4 is 14.4 Å². The van der Waals surface area contributed by atoms with Crippen LogP contribution in [-0.4, -0.2) is 57.6 Å². The molecule has 2 amide bonds. The first-order chi connectivity index (χ1) is 17.5. The van der Waals surface area contributed by atoms with Crippen LogP contribution in [0.5, 0.6) is 5.75 Å². The molecular weight excluding hydrogens is 490 g/mol. The Kier molecular flexibility index (Phi) is 11.4. The van der Waals surface area contributed by atoms with E-state index in [1.807, 2.05) is 70.2 Å². The molecule has 2 aromatic carbocycles. The second-order valence-corrected chi connectivity index (χ2v) is 11.6. The van der Waals surface area contributed by atoms with Gasteiger partial charge in [0.2, 0.25) is 21.8 Å². The molecule has 9 heteroatoms. The molecular formula is C28H41N3O5S. The van der Waals surface area contributed by atoms with Gasteiger partial charge in [-0.1, -0.05) is 45.0 Å². The first-order valence-corrected chi connectivity index (χ1v) is 14.6. The maximum absolute atomic E-state index is 13.5. The number of amides is 2. The zero-order chi connectivity index (χ0) is 27.6. The maximum Gasteiger partial charge on any atom is 0.242 e. The normalized spacial score (nSPS) is 12.2. The van der Waals surface area contributed by atoms with Gasteiger partial charge in [-0.15, -0.1) is 0 Å². The third-order valence-electron chi connectivity index (χ3n) is 6.00. The number of benzene rings is 2. The summed E-state index contributed by atoms with van der Waals surface area (Å²) in [5.41, 5.74) is 2.37. The average molecular weight is 532 g/mol. The number of anilines is 1. The van der Waals surface area contributed by atoms with Crippen molar-refractivity contribution >= 4 is 27.5 Å². The molecule has 8 nitrogen and oxygen atoms in total. The van der Waals surface area contributed by atoms with Crippen molar-refractivity contribution in [2.75, 3.05) is 30.8 Å². The summed E-state index contributed by atoms with van der Waals surface area (Å²) < 4.78 is 31.6. The molecule has 37 heavy (non-hydrogen) atoms. The van der Waals surface area contributed by atoms with Crippen LogP contribution in [0.3, 0.4) is 0 Å². The van der Waals surface area contributed by atoms with Crippen LogP contribution in [0, 0.1) is 12.8 Å². The summed E-state index contributed by atoms with van der Waals surface area (Å²) in [5, 5.41) is 2.95. The third-order valence-corrected chi connectivity index (χ3v) is 7.19. The lowest BCUT2D eigenvalue weighted by Gasteiger charge is -2.31. The number of hydrogen-bond donors (Lipinski definition) is 1. The summed E-state index contributed by atoms with van der Waals surface area (Å²) in [6.45, 7) is 8.75. The lowest BCUT2D eigenvalue weighted by Crippen LogP contribution is -2.49. The smallest absolute Gasteiger partial charge is 0.242 e. The number of nitrogens with one attached hydrogen (secondary N) is 1. The van der Waals surface area contributed by atoms with Crippen LogP contribution >= 0.6 is 0 Å². The summed E-state index contributed by atoms with van der Waals surface area (Å²) in [5.74, 6) is 0.564. The van der Waals surface area contributed by atoms with Gasteiger partial charge in [0, 0.05) is 26.1 Å². The number of ether oxygens (including phenoxy) is 1. The van der Waals surface area contributed by atoms with Crippen LogP contribution in [0.15, 0.2) is 48.5 Å². The van der Waals surface area contributed by atoms with Crippen molar-refractivity contribution in [3.8, 4) is 5.75 Å². The van der Waals surface area contributed by atoms with E-state index in [0.29, 0.717) is 30.8 Å². The largest absolute Gasteiger partial charge is 0.497 e. The van der Waals surface area contributed by atoms with Gasteiger partial charge in [-0.2, -0.15) is 0 Å². The molecule has 0 aliphatic carbocycles. The molecule has 204 valence electrons. The second kappa shape index (κ2) is 14.0. The standard InChI is InChI=1S/C28H41N3O5S/c1-7-26(28(33)29-19-21(2)3)30(20-23-12-9-14-25(18-23)36-5)27(32)15-10-16-31(37(6,34)35)24-13-8-11-22(4)17-24/h8-9,11-14,17-18,21,26H,7,10,15-16,19-20H2,1-6H3,(H,29,33)/t26-/m1/s1.